The van der Waals surface area contributed by atoms with Crippen molar-refractivity contribution < 1.29 is 9.15 Å². The summed E-state index contributed by atoms with van der Waals surface area (Å²) in [5.41, 5.74) is 1.18. The van der Waals surface area contributed by atoms with E-state index in [1.54, 1.807) is 20.1 Å². The minimum Gasteiger partial charge on any atom is -0.496 e. The fraction of sp³-hybridized carbons (Fsp3) is 0.417. The first-order chi connectivity index (χ1) is 7.13. The smallest absolute Gasteiger partial charge is 0.342 e. The van der Waals surface area contributed by atoms with Crippen LogP contribution in [0.5, 0.6) is 5.75 Å². The van der Waals surface area contributed by atoms with Gasteiger partial charge in [-0.15, -0.1) is 0 Å². The molecule has 15 heavy (non-hydrogen) atoms. The normalized spacial score (nSPS) is 11.6. The van der Waals surface area contributed by atoms with Crippen LogP contribution < -0.4 is 10.4 Å². The lowest BCUT2D eigenvalue weighted by Gasteiger charge is -2.07. The first kappa shape index (κ1) is 11.6. The van der Waals surface area contributed by atoms with Crippen LogP contribution in [0.1, 0.15) is 31.6 Å². The molecule has 0 saturated carbocycles. The number of allylic oxidation sites excluding steroid dienone is 2. The molecule has 0 aromatic carbocycles. The van der Waals surface area contributed by atoms with Crippen molar-refractivity contribution in [2.75, 3.05) is 7.11 Å². The standard InChI is InChI=1S/C12H16O3/c1-5-9(6-2)11-7-10(14-4)8(3)12(13)15-11/h5,7H,6H2,1-4H3. The van der Waals surface area contributed by atoms with Crippen molar-refractivity contribution in [3.8, 4) is 5.75 Å². The Balaban J connectivity index is 3.34. The van der Waals surface area contributed by atoms with Gasteiger partial charge in [-0.25, -0.2) is 4.79 Å². The van der Waals surface area contributed by atoms with Crippen molar-refractivity contribution >= 4 is 5.57 Å². The third-order valence-electron chi connectivity index (χ3n) is 2.41. The van der Waals surface area contributed by atoms with E-state index in [-0.39, 0.29) is 5.63 Å². The van der Waals surface area contributed by atoms with Crippen LogP contribution in [0.3, 0.4) is 0 Å². The third kappa shape index (κ3) is 2.29. The lowest BCUT2D eigenvalue weighted by atomic mass is 10.1. The second-order valence-corrected chi connectivity index (χ2v) is 3.26. The molecule has 0 aliphatic carbocycles. The molecule has 0 saturated heterocycles. The van der Waals surface area contributed by atoms with Crippen LogP contribution in [0.15, 0.2) is 21.4 Å². The highest BCUT2D eigenvalue weighted by molar-refractivity contribution is 5.61. The molecular weight excluding hydrogens is 192 g/mol. The Morgan fingerprint density at radius 1 is 1.60 bits per heavy atom. The van der Waals surface area contributed by atoms with Gasteiger partial charge in [0, 0.05) is 6.07 Å². The quantitative estimate of drug-likeness (QED) is 0.766. The third-order valence-corrected chi connectivity index (χ3v) is 2.41. The van der Waals surface area contributed by atoms with Gasteiger partial charge >= 0.3 is 5.63 Å². The summed E-state index contributed by atoms with van der Waals surface area (Å²) < 4.78 is 10.3. The summed E-state index contributed by atoms with van der Waals surface area (Å²) in [7, 11) is 1.55. The van der Waals surface area contributed by atoms with Crippen molar-refractivity contribution in [3.05, 3.63) is 33.9 Å². The molecule has 82 valence electrons. The fourth-order valence-electron chi connectivity index (χ4n) is 1.42. The van der Waals surface area contributed by atoms with Crippen LogP contribution in [0.2, 0.25) is 0 Å². The highest BCUT2D eigenvalue weighted by Gasteiger charge is 2.09. The monoisotopic (exact) mass is 208 g/mol. The average molecular weight is 208 g/mol. The molecule has 1 heterocycles. The highest BCUT2D eigenvalue weighted by atomic mass is 16.5. The maximum absolute atomic E-state index is 11.5. The predicted octanol–water partition coefficient (Wildman–Crippen LogP) is 2.77. The minimum absolute atomic E-state index is 0.336. The van der Waals surface area contributed by atoms with E-state index in [1.807, 2.05) is 19.9 Å². The Morgan fingerprint density at radius 2 is 2.27 bits per heavy atom. The second kappa shape index (κ2) is 4.82. The Bertz CT molecular complexity index is 427. The zero-order chi connectivity index (χ0) is 11.4. The van der Waals surface area contributed by atoms with Crippen molar-refractivity contribution in [3.63, 3.8) is 0 Å². The van der Waals surface area contributed by atoms with Crippen LogP contribution in [0, 0.1) is 6.92 Å². The molecule has 0 spiro atoms. The van der Waals surface area contributed by atoms with Gasteiger partial charge in [0.1, 0.15) is 11.5 Å². The van der Waals surface area contributed by atoms with Gasteiger partial charge < -0.3 is 9.15 Å². The zero-order valence-corrected chi connectivity index (χ0v) is 9.59. The molecule has 0 bridgehead atoms. The Hall–Kier alpha value is -1.51. The topological polar surface area (TPSA) is 39.4 Å². The van der Waals surface area contributed by atoms with E-state index in [9.17, 15) is 4.79 Å². The van der Waals surface area contributed by atoms with Gasteiger partial charge in [0.2, 0.25) is 0 Å². The molecule has 1 aromatic rings. The number of rotatable bonds is 3. The molecule has 0 amide bonds. The van der Waals surface area contributed by atoms with Crippen LogP contribution >= 0.6 is 0 Å². The number of hydrogen-bond donors (Lipinski definition) is 0. The van der Waals surface area contributed by atoms with Gasteiger partial charge in [-0.05, 0) is 25.8 Å². The summed E-state index contributed by atoms with van der Waals surface area (Å²) in [6.07, 6.45) is 2.76. The highest BCUT2D eigenvalue weighted by Crippen LogP contribution is 2.22. The van der Waals surface area contributed by atoms with Crippen molar-refractivity contribution in [2.45, 2.75) is 27.2 Å². The largest absolute Gasteiger partial charge is 0.496 e. The molecule has 1 rings (SSSR count). The van der Waals surface area contributed by atoms with Crippen molar-refractivity contribution in [2.24, 2.45) is 0 Å². The first-order valence-corrected chi connectivity index (χ1v) is 4.98. The minimum atomic E-state index is -0.336. The Morgan fingerprint density at radius 3 is 2.73 bits per heavy atom. The molecule has 0 radical (unpaired) electrons. The van der Waals surface area contributed by atoms with E-state index in [1.165, 1.54) is 0 Å². The lowest BCUT2D eigenvalue weighted by molar-refractivity contribution is 0.394. The predicted molar refractivity (Wildman–Crippen MR) is 60.2 cm³/mol. The number of hydrogen-bond acceptors (Lipinski definition) is 3. The van der Waals surface area contributed by atoms with Gasteiger partial charge in [-0.1, -0.05) is 13.0 Å². The molecule has 1 aromatic heterocycles. The molecule has 0 fully saturated rings. The fourth-order valence-corrected chi connectivity index (χ4v) is 1.42. The van der Waals surface area contributed by atoms with E-state index >= 15 is 0 Å². The lowest BCUT2D eigenvalue weighted by Crippen LogP contribution is -2.07. The molecule has 3 heteroatoms. The van der Waals surface area contributed by atoms with Crippen molar-refractivity contribution in [1.82, 2.24) is 0 Å². The zero-order valence-electron chi connectivity index (χ0n) is 9.59. The van der Waals surface area contributed by atoms with E-state index < -0.39 is 0 Å². The molecule has 0 N–H and O–H groups in total. The molecule has 0 aliphatic rings. The van der Waals surface area contributed by atoms with Gasteiger partial charge in [0.25, 0.3) is 0 Å². The number of ether oxygens (including phenoxy) is 1. The second-order valence-electron chi connectivity index (χ2n) is 3.26. The first-order valence-electron chi connectivity index (χ1n) is 4.98. The molecule has 0 atom stereocenters. The summed E-state index contributed by atoms with van der Waals surface area (Å²) >= 11 is 0. The van der Waals surface area contributed by atoms with Gasteiger partial charge in [0.05, 0.1) is 12.7 Å². The number of methoxy groups -OCH3 is 1. The van der Waals surface area contributed by atoms with Crippen LogP contribution in [-0.4, -0.2) is 7.11 Å². The molecule has 0 aliphatic heterocycles. The Labute approximate surface area is 89.4 Å². The SMILES string of the molecule is CC=C(CC)c1cc(OC)c(C)c(=O)o1. The molecular formula is C12H16O3. The van der Waals surface area contributed by atoms with Gasteiger partial charge in [-0.2, -0.15) is 0 Å². The van der Waals surface area contributed by atoms with E-state index in [0.29, 0.717) is 17.1 Å². The summed E-state index contributed by atoms with van der Waals surface area (Å²) in [4.78, 5) is 11.5. The van der Waals surface area contributed by atoms with E-state index in [2.05, 4.69) is 0 Å². The molecule has 3 nitrogen and oxygen atoms in total. The summed E-state index contributed by atoms with van der Waals surface area (Å²) in [5, 5.41) is 0. The summed E-state index contributed by atoms with van der Waals surface area (Å²) in [5.74, 6) is 1.17. The van der Waals surface area contributed by atoms with Crippen LogP contribution in [0.4, 0.5) is 0 Å². The Kier molecular flexibility index (Phi) is 3.72. The average Bonchev–Trinajstić information content (AvgIpc) is 2.24. The van der Waals surface area contributed by atoms with E-state index in [4.69, 9.17) is 9.15 Å². The molecule has 0 unspecified atom stereocenters. The summed E-state index contributed by atoms with van der Waals surface area (Å²) in [6.45, 7) is 5.63. The summed E-state index contributed by atoms with van der Waals surface area (Å²) in [6, 6.07) is 1.76. The maximum Gasteiger partial charge on any atom is 0.342 e. The van der Waals surface area contributed by atoms with Crippen LogP contribution in [-0.2, 0) is 0 Å². The van der Waals surface area contributed by atoms with Crippen molar-refractivity contribution in [1.29, 1.82) is 0 Å². The van der Waals surface area contributed by atoms with E-state index in [0.717, 1.165) is 12.0 Å². The van der Waals surface area contributed by atoms with Gasteiger partial charge in [0.15, 0.2) is 0 Å². The maximum atomic E-state index is 11.5. The van der Waals surface area contributed by atoms with Gasteiger partial charge in [-0.3, -0.25) is 0 Å². The van der Waals surface area contributed by atoms with Crippen LogP contribution in [0.25, 0.3) is 5.57 Å².